The van der Waals surface area contributed by atoms with Crippen molar-refractivity contribution in [3.63, 3.8) is 0 Å². The van der Waals surface area contributed by atoms with E-state index in [2.05, 4.69) is 28.9 Å². The third kappa shape index (κ3) is 6.74. The number of hydrogen-bond acceptors (Lipinski definition) is 6. The molecule has 2 aromatic carbocycles. The lowest BCUT2D eigenvalue weighted by Crippen LogP contribution is -2.36. The monoisotopic (exact) mass is 436 g/mol. The summed E-state index contributed by atoms with van der Waals surface area (Å²) in [6, 6.07) is 15.0. The van der Waals surface area contributed by atoms with Crippen molar-refractivity contribution in [2.24, 2.45) is 5.92 Å². The first-order valence-electron chi connectivity index (χ1n) is 10.6. The lowest BCUT2D eigenvalue weighted by Gasteiger charge is -2.26. The molecule has 1 amide bonds. The van der Waals surface area contributed by atoms with Crippen LogP contribution in [0.15, 0.2) is 48.5 Å². The van der Waals surface area contributed by atoms with Gasteiger partial charge in [-0.1, -0.05) is 36.1 Å². The van der Waals surface area contributed by atoms with Gasteiger partial charge >= 0.3 is 0 Å². The fraction of sp³-hybridized carbons (Fsp3) is 0.360. The summed E-state index contributed by atoms with van der Waals surface area (Å²) in [5.41, 5.74) is 4.82. The van der Waals surface area contributed by atoms with Crippen LogP contribution in [0.1, 0.15) is 40.4 Å². The summed E-state index contributed by atoms with van der Waals surface area (Å²) in [4.78, 5) is 26.4. The Labute approximate surface area is 188 Å². The van der Waals surface area contributed by atoms with E-state index in [0.29, 0.717) is 5.56 Å². The second kappa shape index (κ2) is 11.6. The standard InChI is InChI=1S/C25H28N2O5/c1-18(28)23(25(30)26-31)16-24(29)22-10-8-20(9-11-22)3-2-19-4-6-21(7-5-19)17-27-12-14-32-15-13-27/h4-11,18,23,28,31H,12-17H2,1H3,(H,26,30)/t18-,23+/m1/s1. The summed E-state index contributed by atoms with van der Waals surface area (Å²) in [6.07, 6.45) is -1.26. The van der Waals surface area contributed by atoms with Crippen molar-refractivity contribution in [2.75, 3.05) is 26.3 Å². The van der Waals surface area contributed by atoms with Crippen LogP contribution in [0.25, 0.3) is 0 Å². The molecule has 7 nitrogen and oxygen atoms in total. The van der Waals surface area contributed by atoms with E-state index < -0.39 is 17.9 Å². The van der Waals surface area contributed by atoms with E-state index in [1.54, 1.807) is 24.3 Å². The fourth-order valence-corrected chi connectivity index (χ4v) is 3.48. The Hall–Kier alpha value is -3.02. The zero-order valence-corrected chi connectivity index (χ0v) is 18.1. The van der Waals surface area contributed by atoms with Crippen molar-refractivity contribution in [1.82, 2.24) is 10.4 Å². The van der Waals surface area contributed by atoms with Crippen molar-refractivity contribution in [2.45, 2.75) is 26.0 Å². The van der Waals surface area contributed by atoms with Crippen LogP contribution in [0.4, 0.5) is 0 Å². The van der Waals surface area contributed by atoms with Crippen LogP contribution >= 0.6 is 0 Å². The summed E-state index contributed by atoms with van der Waals surface area (Å²) in [7, 11) is 0. The SMILES string of the molecule is C[C@@H](O)[C@H](CC(=O)c1ccc(C#Cc2ccc(CN3CCOCC3)cc2)cc1)C(=O)NO. The smallest absolute Gasteiger partial charge is 0.249 e. The van der Waals surface area contributed by atoms with Gasteiger partial charge in [-0.3, -0.25) is 19.7 Å². The molecule has 2 aromatic rings. The lowest BCUT2D eigenvalue weighted by molar-refractivity contribution is -0.136. The molecule has 0 spiro atoms. The number of hydrogen-bond donors (Lipinski definition) is 3. The van der Waals surface area contributed by atoms with Crippen molar-refractivity contribution < 1.29 is 24.6 Å². The van der Waals surface area contributed by atoms with Gasteiger partial charge in [-0.25, -0.2) is 5.48 Å². The van der Waals surface area contributed by atoms with Gasteiger partial charge in [0.1, 0.15) is 0 Å². The summed E-state index contributed by atoms with van der Waals surface area (Å²) in [5, 5.41) is 18.5. The van der Waals surface area contributed by atoms with Crippen molar-refractivity contribution in [3.05, 3.63) is 70.8 Å². The maximum Gasteiger partial charge on any atom is 0.249 e. The summed E-state index contributed by atoms with van der Waals surface area (Å²) < 4.78 is 5.38. The van der Waals surface area contributed by atoms with Gasteiger partial charge < -0.3 is 9.84 Å². The molecule has 168 valence electrons. The number of rotatable bonds is 7. The number of nitrogens with zero attached hydrogens (tertiary/aromatic N) is 1. The second-order valence-corrected chi connectivity index (χ2v) is 7.86. The van der Waals surface area contributed by atoms with Crippen LogP contribution in [-0.2, 0) is 16.1 Å². The second-order valence-electron chi connectivity index (χ2n) is 7.86. The first kappa shape index (κ1) is 23.6. The molecule has 1 heterocycles. The van der Waals surface area contributed by atoms with Gasteiger partial charge in [0.25, 0.3) is 0 Å². The zero-order chi connectivity index (χ0) is 22.9. The molecule has 1 aliphatic heterocycles. The molecule has 0 unspecified atom stereocenters. The number of ether oxygens (including phenoxy) is 1. The molecule has 0 radical (unpaired) electrons. The first-order valence-corrected chi connectivity index (χ1v) is 10.6. The van der Waals surface area contributed by atoms with E-state index in [1.807, 2.05) is 12.1 Å². The van der Waals surface area contributed by atoms with Gasteiger partial charge in [-0.15, -0.1) is 0 Å². The molecule has 7 heteroatoms. The molecule has 1 fully saturated rings. The molecule has 0 saturated carbocycles. The van der Waals surface area contributed by atoms with E-state index in [0.717, 1.165) is 44.0 Å². The topological polar surface area (TPSA) is 99.1 Å². The highest BCUT2D eigenvalue weighted by atomic mass is 16.5. The predicted octanol–water partition coefficient (Wildman–Crippen LogP) is 1.99. The highest BCUT2D eigenvalue weighted by Gasteiger charge is 2.26. The number of aliphatic hydroxyl groups excluding tert-OH is 1. The van der Waals surface area contributed by atoms with E-state index in [1.165, 1.54) is 18.0 Å². The van der Waals surface area contributed by atoms with Gasteiger partial charge in [0, 0.05) is 42.7 Å². The third-order valence-electron chi connectivity index (χ3n) is 5.46. The average Bonchev–Trinajstić information content (AvgIpc) is 2.82. The molecule has 0 aliphatic carbocycles. The molecule has 0 aromatic heterocycles. The van der Waals surface area contributed by atoms with Gasteiger partial charge in [0.2, 0.25) is 5.91 Å². The number of carbonyl (C=O) groups excluding carboxylic acids is 2. The Morgan fingerprint density at radius 2 is 1.59 bits per heavy atom. The minimum absolute atomic E-state index is 0.202. The average molecular weight is 437 g/mol. The van der Waals surface area contributed by atoms with Crippen LogP contribution in [0.3, 0.4) is 0 Å². The van der Waals surface area contributed by atoms with Crippen molar-refractivity contribution in [1.29, 1.82) is 0 Å². The lowest BCUT2D eigenvalue weighted by atomic mass is 9.93. The number of benzene rings is 2. The molecule has 32 heavy (non-hydrogen) atoms. The number of nitrogens with one attached hydrogen (secondary N) is 1. The molecule has 1 aliphatic rings. The Bertz CT molecular complexity index is 968. The molecule has 3 rings (SSSR count). The number of carbonyl (C=O) groups is 2. The molecule has 2 atom stereocenters. The summed E-state index contributed by atoms with van der Waals surface area (Å²) >= 11 is 0. The van der Waals surface area contributed by atoms with Gasteiger partial charge in [0.05, 0.1) is 25.2 Å². The number of Topliss-reactive ketones (excluding diaryl/α,β-unsaturated/α-hetero) is 1. The maximum absolute atomic E-state index is 12.4. The minimum atomic E-state index is -1.06. The van der Waals surface area contributed by atoms with Crippen LogP contribution in [-0.4, -0.2) is 59.3 Å². The number of aliphatic hydroxyl groups is 1. The van der Waals surface area contributed by atoms with Gasteiger partial charge in [-0.05, 0) is 36.8 Å². The van der Waals surface area contributed by atoms with E-state index >= 15 is 0 Å². The molecular weight excluding hydrogens is 408 g/mol. The Kier molecular flexibility index (Phi) is 8.54. The number of amides is 1. The number of morpholine rings is 1. The van der Waals surface area contributed by atoms with Crippen LogP contribution in [0.5, 0.6) is 0 Å². The van der Waals surface area contributed by atoms with Crippen LogP contribution in [0.2, 0.25) is 0 Å². The summed E-state index contributed by atoms with van der Waals surface area (Å²) in [5.74, 6) is 4.12. The molecule has 3 N–H and O–H groups in total. The Morgan fingerprint density at radius 1 is 1.03 bits per heavy atom. The molecule has 0 bridgehead atoms. The number of ketones is 1. The fourth-order valence-electron chi connectivity index (χ4n) is 3.48. The van der Waals surface area contributed by atoms with Crippen LogP contribution in [0, 0.1) is 17.8 Å². The Morgan fingerprint density at radius 3 is 2.12 bits per heavy atom. The van der Waals surface area contributed by atoms with Crippen molar-refractivity contribution in [3.8, 4) is 11.8 Å². The van der Waals surface area contributed by atoms with Gasteiger partial charge in [-0.2, -0.15) is 0 Å². The summed E-state index contributed by atoms with van der Waals surface area (Å²) in [6.45, 7) is 5.78. The largest absolute Gasteiger partial charge is 0.393 e. The minimum Gasteiger partial charge on any atom is -0.393 e. The van der Waals surface area contributed by atoms with Crippen LogP contribution < -0.4 is 5.48 Å². The Balaban J connectivity index is 1.58. The molecular formula is C25H28N2O5. The van der Waals surface area contributed by atoms with Gasteiger partial charge in [0.15, 0.2) is 5.78 Å². The zero-order valence-electron chi connectivity index (χ0n) is 18.1. The van der Waals surface area contributed by atoms with E-state index in [-0.39, 0.29) is 12.2 Å². The van der Waals surface area contributed by atoms with E-state index in [4.69, 9.17) is 9.94 Å². The van der Waals surface area contributed by atoms with Crippen molar-refractivity contribution >= 4 is 11.7 Å². The maximum atomic E-state index is 12.4. The predicted molar refractivity (Wildman–Crippen MR) is 119 cm³/mol. The highest BCUT2D eigenvalue weighted by molar-refractivity contribution is 5.98. The van der Waals surface area contributed by atoms with E-state index in [9.17, 15) is 14.7 Å². The number of hydroxylamine groups is 1. The highest BCUT2D eigenvalue weighted by Crippen LogP contribution is 2.15. The third-order valence-corrected chi connectivity index (χ3v) is 5.46. The molecule has 1 saturated heterocycles. The first-order chi connectivity index (χ1) is 15.5. The normalized spacial score (nSPS) is 15.8. The quantitative estimate of drug-likeness (QED) is 0.266.